The summed E-state index contributed by atoms with van der Waals surface area (Å²) < 4.78 is 29.8. The molecule has 5 nitrogen and oxygen atoms in total. The molecule has 0 fully saturated rings. The summed E-state index contributed by atoms with van der Waals surface area (Å²) >= 11 is 5.43. The molecule has 0 aromatic carbocycles. The molecule has 0 bridgehead atoms. The van der Waals surface area contributed by atoms with Crippen LogP contribution in [0.4, 0.5) is 14.5 Å². The van der Waals surface area contributed by atoms with E-state index in [-0.39, 0.29) is 11.6 Å². The maximum absolute atomic E-state index is 12.6. The molecule has 0 unspecified atom stereocenters. The number of methoxy groups -OCH3 is 1. The number of nitro groups is 1. The molecule has 0 aliphatic heterocycles. The Bertz CT molecular complexity index is 415. The van der Waals surface area contributed by atoms with E-state index in [0.717, 1.165) is 13.2 Å². The Labute approximate surface area is 94.1 Å². The fraction of sp³-hybridized carbons (Fsp3) is 0.375. The summed E-state index contributed by atoms with van der Waals surface area (Å²) in [7, 11) is 1.11. The quantitative estimate of drug-likeness (QED) is 0.469. The first-order valence-electron chi connectivity index (χ1n) is 4.07. The monoisotopic (exact) mass is 252 g/mol. The van der Waals surface area contributed by atoms with E-state index in [9.17, 15) is 18.9 Å². The van der Waals surface area contributed by atoms with Gasteiger partial charge in [0.1, 0.15) is 5.56 Å². The molecule has 1 aromatic heterocycles. The van der Waals surface area contributed by atoms with E-state index >= 15 is 0 Å². The minimum absolute atomic E-state index is 0.0967. The second-order valence-corrected chi connectivity index (χ2v) is 3.02. The molecule has 0 atom stereocenters. The highest BCUT2D eigenvalue weighted by atomic mass is 35.5. The predicted molar refractivity (Wildman–Crippen MR) is 52.0 cm³/mol. The maximum atomic E-state index is 12.6. The van der Waals surface area contributed by atoms with E-state index < -0.39 is 28.5 Å². The third-order valence-electron chi connectivity index (χ3n) is 1.79. The standard InChI is InChI=1S/C8H7ClF2N2O3/c1-16-8-6(13(14)15)5(7(10)11)2-4(3-9)12-8/h2,7H,3H2,1H3. The largest absolute Gasteiger partial charge is 0.476 e. The van der Waals surface area contributed by atoms with Crippen molar-refractivity contribution in [3.63, 3.8) is 0 Å². The van der Waals surface area contributed by atoms with Crippen molar-refractivity contribution in [3.8, 4) is 5.88 Å². The van der Waals surface area contributed by atoms with Crippen molar-refractivity contribution in [3.05, 3.63) is 27.4 Å². The van der Waals surface area contributed by atoms with E-state index in [4.69, 9.17) is 11.6 Å². The van der Waals surface area contributed by atoms with Gasteiger partial charge in [-0.2, -0.15) is 0 Å². The third kappa shape index (κ3) is 2.35. The lowest BCUT2D eigenvalue weighted by molar-refractivity contribution is -0.387. The fourth-order valence-corrected chi connectivity index (χ4v) is 1.28. The van der Waals surface area contributed by atoms with Crippen LogP contribution in [0.3, 0.4) is 0 Å². The normalized spacial score (nSPS) is 10.6. The lowest BCUT2D eigenvalue weighted by Crippen LogP contribution is -2.03. The minimum atomic E-state index is -2.99. The zero-order valence-corrected chi connectivity index (χ0v) is 8.87. The summed E-state index contributed by atoms with van der Waals surface area (Å²) in [5, 5.41) is 10.6. The summed E-state index contributed by atoms with van der Waals surface area (Å²) in [6.07, 6.45) is -2.99. The second-order valence-electron chi connectivity index (χ2n) is 2.75. The Kier molecular flexibility index (Phi) is 3.94. The molecule has 0 aliphatic carbocycles. The summed E-state index contributed by atoms with van der Waals surface area (Å²) in [6.45, 7) is 0. The highest BCUT2D eigenvalue weighted by Gasteiger charge is 2.28. The number of ether oxygens (including phenoxy) is 1. The van der Waals surface area contributed by atoms with Crippen LogP contribution in [0.15, 0.2) is 6.07 Å². The van der Waals surface area contributed by atoms with Gasteiger partial charge in [-0.15, -0.1) is 11.6 Å². The molecule has 88 valence electrons. The van der Waals surface area contributed by atoms with Gasteiger partial charge in [-0.3, -0.25) is 10.1 Å². The Morgan fingerprint density at radius 3 is 2.69 bits per heavy atom. The zero-order chi connectivity index (χ0) is 12.3. The van der Waals surface area contributed by atoms with E-state index in [1.165, 1.54) is 0 Å². The first kappa shape index (κ1) is 12.6. The van der Waals surface area contributed by atoms with Crippen molar-refractivity contribution in [2.45, 2.75) is 12.3 Å². The molecule has 0 saturated carbocycles. The number of pyridine rings is 1. The molecule has 16 heavy (non-hydrogen) atoms. The van der Waals surface area contributed by atoms with Crippen molar-refractivity contribution in [1.82, 2.24) is 4.98 Å². The first-order chi connectivity index (χ1) is 7.51. The number of aromatic nitrogens is 1. The molecule has 8 heteroatoms. The van der Waals surface area contributed by atoms with Crippen LogP contribution in [0.25, 0.3) is 0 Å². The van der Waals surface area contributed by atoms with Gasteiger partial charge in [0.25, 0.3) is 12.3 Å². The molecule has 0 radical (unpaired) electrons. The maximum Gasteiger partial charge on any atom is 0.339 e. The molecule has 0 N–H and O–H groups in total. The summed E-state index contributed by atoms with van der Waals surface area (Å²) in [5.74, 6) is -0.591. The van der Waals surface area contributed by atoms with Gasteiger partial charge in [0.2, 0.25) is 0 Å². The van der Waals surface area contributed by atoms with Crippen molar-refractivity contribution >= 4 is 17.3 Å². The van der Waals surface area contributed by atoms with Gasteiger partial charge in [-0.1, -0.05) is 0 Å². The average molecular weight is 253 g/mol. The van der Waals surface area contributed by atoms with Gasteiger partial charge in [-0.25, -0.2) is 13.8 Å². The van der Waals surface area contributed by atoms with Crippen LogP contribution < -0.4 is 4.74 Å². The Hall–Kier alpha value is -1.50. The van der Waals surface area contributed by atoms with Gasteiger partial charge >= 0.3 is 5.69 Å². The average Bonchev–Trinajstić information content (AvgIpc) is 2.26. The highest BCUT2D eigenvalue weighted by Crippen LogP contribution is 2.36. The molecule has 0 aliphatic rings. The molecular weight excluding hydrogens is 246 g/mol. The van der Waals surface area contributed by atoms with Crippen LogP contribution in [-0.2, 0) is 5.88 Å². The lowest BCUT2D eigenvalue weighted by Gasteiger charge is -2.07. The number of alkyl halides is 3. The topological polar surface area (TPSA) is 65.3 Å². The lowest BCUT2D eigenvalue weighted by atomic mass is 10.2. The number of nitrogens with zero attached hydrogens (tertiary/aromatic N) is 2. The van der Waals surface area contributed by atoms with Crippen molar-refractivity contribution in [2.24, 2.45) is 0 Å². The first-order valence-corrected chi connectivity index (χ1v) is 4.61. The number of hydrogen-bond donors (Lipinski definition) is 0. The Morgan fingerprint density at radius 2 is 2.31 bits per heavy atom. The molecule has 0 spiro atoms. The van der Waals surface area contributed by atoms with Crippen molar-refractivity contribution in [2.75, 3.05) is 7.11 Å². The zero-order valence-electron chi connectivity index (χ0n) is 8.11. The third-order valence-corrected chi connectivity index (χ3v) is 2.07. The van der Waals surface area contributed by atoms with Crippen LogP contribution in [0.5, 0.6) is 5.88 Å². The van der Waals surface area contributed by atoms with Gasteiger partial charge in [-0.05, 0) is 6.07 Å². The molecule has 0 amide bonds. The van der Waals surface area contributed by atoms with Gasteiger partial charge in [0, 0.05) is 0 Å². The molecule has 0 saturated heterocycles. The van der Waals surface area contributed by atoms with Crippen LogP contribution in [0, 0.1) is 10.1 Å². The van der Waals surface area contributed by atoms with E-state index in [1.54, 1.807) is 0 Å². The summed E-state index contributed by atoms with van der Waals surface area (Å²) in [6, 6.07) is 0.901. The Balaban J connectivity index is 3.47. The fourth-order valence-electron chi connectivity index (χ4n) is 1.15. The van der Waals surface area contributed by atoms with Crippen LogP contribution in [0.2, 0.25) is 0 Å². The van der Waals surface area contributed by atoms with Crippen LogP contribution >= 0.6 is 11.6 Å². The molecule has 1 heterocycles. The summed E-state index contributed by atoms with van der Waals surface area (Å²) in [5.41, 5.74) is -1.47. The Morgan fingerprint density at radius 1 is 1.69 bits per heavy atom. The van der Waals surface area contributed by atoms with E-state index in [2.05, 4.69) is 9.72 Å². The van der Waals surface area contributed by atoms with Gasteiger partial charge < -0.3 is 4.74 Å². The molecule has 1 aromatic rings. The van der Waals surface area contributed by atoms with Crippen molar-refractivity contribution < 1.29 is 18.4 Å². The number of halogens is 3. The van der Waals surface area contributed by atoms with Gasteiger partial charge in [0.15, 0.2) is 0 Å². The number of hydrogen-bond acceptors (Lipinski definition) is 4. The van der Waals surface area contributed by atoms with Crippen LogP contribution in [0.1, 0.15) is 17.7 Å². The van der Waals surface area contributed by atoms with Crippen LogP contribution in [-0.4, -0.2) is 17.0 Å². The second kappa shape index (κ2) is 5.02. The highest BCUT2D eigenvalue weighted by molar-refractivity contribution is 6.16. The predicted octanol–water partition coefficient (Wildman–Crippen LogP) is 2.67. The summed E-state index contributed by atoms with van der Waals surface area (Å²) in [4.78, 5) is 13.3. The van der Waals surface area contributed by atoms with Crippen molar-refractivity contribution in [1.29, 1.82) is 0 Å². The smallest absolute Gasteiger partial charge is 0.339 e. The van der Waals surface area contributed by atoms with Gasteiger partial charge in [0.05, 0.1) is 23.6 Å². The molecular formula is C8H7ClF2N2O3. The SMILES string of the molecule is COc1nc(CCl)cc(C(F)F)c1[N+](=O)[O-]. The molecule has 1 rings (SSSR count). The van der Waals surface area contributed by atoms with E-state index in [0.29, 0.717) is 0 Å². The van der Waals surface area contributed by atoms with E-state index in [1.807, 2.05) is 0 Å². The minimum Gasteiger partial charge on any atom is -0.476 e. The number of rotatable bonds is 4.